The third kappa shape index (κ3) is 10.9. The maximum atomic E-state index is 11.6. The Kier molecular flexibility index (Phi) is 7.85. The standard InChI is InChI=1S/C11H24BrNO2S/c1-11(2,3)7-10-16(14,15)13-9-6-4-5-8-12/h13H,4-10H2,1-3H3. The SMILES string of the molecule is CC(C)(C)CCS(=O)(=O)NCCCCCBr. The van der Waals surface area contributed by atoms with E-state index >= 15 is 0 Å². The van der Waals surface area contributed by atoms with Crippen LogP contribution >= 0.6 is 15.9 Å². The van der Waals surface area contributed by atoms with Gasteiger partial charge in [0, 0.05) is 11.9 Å². The molecule has 0 aliphatic heterocycles. The highest BCUT2D eigenvalue weighted by atomic mass is 79.9. The first-order chi connectivity index (χ1) is 7.27. The van der Waals surface area contributed by atoms with E-state index in [1.54, 1.807) is 0 Å². The summed E-state index contributed by atoms with van der Waals surface area (Å²) in [6.45, 7) is 6.73. The lowest BCUT2D eigenvalue weighted by atomic mass is 9.94. The Hall–Kier alpha value is 0.390. The number of sulfonamides is 1. The molecule has 0 bridgehead atoms. The Morgan fingerprint density at radius 1 is 1.12 bits per heavy atom. The predicted molar refractivity (Wildman–Crippen MR) is 73.5 cm³/mol. The molecule has 0 saturated heterocycles. The second kappa shape index (κ2) is 7.67. The number of alkyl halides is 1. The summed E-state index contributed by atoms with van der Waals surface area (Å²) in [5, 5.41) is 0.990. The van der Waals surface area contributed by atoms with Gasteiger partial charge in [0.25, 0.3) is 0 Å². The normalized spacial score (nSPS) is 13.0. The number of rotatable bonds is 8. The minimum absolute atomic E-state index is 0.0741. The minimum atomic E-state index is -3.06. The first kappa shape index (κ1) is 16.4. The molecule has 1 N–H and O–H groups in total. The molecule has 0 aliphatic rings. The molecule has 0 saturated carbocycles. The van der Waals surface area contributed by atoms with E-state index in [0.29, 0.717) is 13.0 Å². The molecule has 0 amide bonds. The van der Waals surface area contributed by atoms with Gasteiger partial charge in [-0.15, -0.1) is 0 Å². The van der Waals surface area contributed by atoms with E-state index in [4.69, 9.17) is 0 Å². The Labute approximate surface area is 109 Å². The molecule has 0 rings (SSSR count). The maximum absolute atomic E-state index is 11.6. The lowest BCUT2D eigenvalue weighted by Gasteiger charge is -2.17. The maximum Gasteiger partial charge on any atom is 0.211 e. The van der Waals surface area contributed by atoms with Gasteiger partial charge in [0.2, 0.25) is 10.0 Å². The Morgan fingerprint density at radius 2 is 1.75 bits per heavy atom. The summed E-state index contributed by atoms with van der Waals surface area (Å²) in [5.41, 5.74) is 0.0741. The monoisotopic (exact) mass is 313 g/mol. The van der Waals surface area contributed by atoms with E-state index in [2.05, 4.69) is 41.4 Å². The zero-order valence-corrected chi connectivity index (χ0v) is 13.0. The van der Waals surface area contributed by atoms with Crippen LogP contribution in [0.2, 0.25) is 0 Å². The van der Waals surface area contributed by atoms with Crippen LogP contribution in [0, 0.1) is 5.41 Å². The van der Waals surface area contributed by atoms with E-state index in [1.165, 1.54) is 0 Å². The van der Waals surface area contributed by atoms with Crippen molar-refractivity contribution in [2.75, 3.05) is 17.6 Å². The van der Waals surface area contributed by atoms with Crippen LogP contribution in [0.4, 0.5) is 0 Å². The summed E-state index contributed by atoms with van der Waals surface area (Å²) < 4.78 is 25.8. The van der Waals surface area contributed by atoms with Crippen molar-refractivity contribution in [1.82, 2.24) is 4.72 Å². The average molecular weight is 314 g/mol. The minimum Gasteiger partial charge on any atom is -0.215 e. The van der Waals surface area contributed by atoms with Gasteiger partial charge in [0.05, 0.1) is 5.75 Å². The number of unbranched alkanes of at least 4 members (excludes halogenated alkanes) is 2. The van der Waals surface area contributed by atoms with Gasteiger partial charge in [-0.05, 0) is 24.7 Å². The fourth-order valence-corrected chi connectivity index (χ4v) is 3.01. The lowest BCUT2D eigenvalue weighted by molar-refractivity contribution is 0.396. The van der Waals surface area contributed by atoms with Crippen LogP contribution in [0.15, 0.2) is 0 Å². The van der Waals surface area contributed by atoms with E-state index in [1.807, 2.05) is 0 Å². The van der Waals surface area contributed by atoms with Crippen molar-refractivity contribution in [3.8, 4) is 0 Å². The van der Waals surface area contributed by atoms with Crippen LogP contribution in [0.25, 0.3) is 0 Å². The van der Waals surface area contributed by atoms with Crippen molar-refractivity contribution in [3.63, 3.8) is 0 Å². The first-order valence-electron chi connectivity index (χ1n) is 5.80. The van der Waals surface area contributed by atoms with Gasteiger partial charge < -0.3 is 0 Å². The lowest BCUT2D eigenvalue weighted by Crippen LogP contribution is -2.29. The van der Waals surface area contributed by atoms with Crippen molar-refractivity contribution < 1.29 is 8.42 Å². The molecule has 0 aromatic carbocycles. The van der Waals surface area contributed by atoms with E-state index in [9.17, 15) is 8.42 Å². The van der Waals surface area contributed by atoms with Crippen LogP contribution in [-0.4, -0.2) is 26.0 Å². The van der Waals surface area contributed by atoms with E-state index in [-0.39, 0.29) is 11.2 Å². The average Bonchev–Trinajstić information content (AvgIpc) is 2.14. The molecule has 0 fully saturated rings. The molecular formula is C11H24BrNO2S. The molecule has 0 aromatic heterocycles. The summed E-state index contributed by atoms with van der Waals surface area (Å²) in [4.78, 5) is 0. The van der Waals surface area contributed by atoms with Crippen molar-refractivity contribution >= 4 is 26.0 Å². The van der Waals surface area contributed by atoms with Crippen molar-refractivity contribution in [2.45, 2.75) is 46.5 Å². The summed E-state index contributed by atoms with van der Waals surface area (Å²) >= 11 is 3.35. The molecule has 0 heterocycles. The third-order valence-corrected chi connectivity index (χ3v) is 4.20. The molecular weight excluding hydrogens is 290 g/mol. The van der Waals surface area contributed by atoms with Crippen LogP contribution in [0.5, 0.6) is 0 Å². The Morgan fingerprint density at radius 3 is 2.25 bits per heavy atom. The fraction of sp³-hybridized carbons (Fsp3) is 1.00. The predicted octanol–water partition coefficient (Wildman–Crippen LogP) is 2.91. The molecule has 0 atom stereocenters. The number of hydrogen-bond acceptors (Lipinski definition) is 2. The van der Waals surface area contributed by atoms with Crippen LogP contribution in [-0.2, 0) is 10.0 Å². The molecule has 98 valence electrons. The highest BCUT2D eigenvalue weighted by molar-refractivity contribution is 9.09. The van der Waals surface area contributed by atoms with Crippen LogP contribution in [0.1, 0.15) is 46.5 Å². The summed E-state index contributed by atoms with van der Waals surface area (Å²) in [5.74, 6) is 0.231. The molecule has 3 nitrogen and oxygen atoms in total. The smallest absolute Gasteiger partial charge is 0.211 e. The fourth-order valence-electron chi connectivity index (χ4n) is 1.14. The molecule has 0 aromatic rings. The highest BCUT2D eigenvalue weighted by Gasteiger charge is 2.16. The van der Waals surface area contributed by atoms with Gasteiger partial charge >= 0.3 is 0 Å². The van der Waals surface area contributed by atoms with Crippen molar-refractivity contribution in [2.24, 2.45) is 5.41 Å². The summed E-state index contributed by atoms with van der Waals surface area (Å²) in [7, 11) is -3.06. The summed E-state index contributed by atoms with van der Waals surface area (Å²) in [6, 6.07) is 0. The van der Waals surface area contributed by atoms with Gasteiger partial charge in [-0.3, -0.25) is 0 Å². The van der Waals surface area contributed by atoms with Gasteiger partial charge in [-0.1, -0.05) is 43.1 Å². The highest BCUT2D eigenvalue weighted by Crippen LogP contribution is 2.18. The first-order valence-corrected chi connectivity index (χ1v) is 8.57. The van der Waals surface area contributed by atoms with Gasteiger partial charge in [0.1, 0.15) is 0 Å². The molecule has 0 spiro atoms. The quantitative estimate of drug-likeness (QED) is 0.553. The molecule has 16 heavy (non-hydrogen) atoms. The second-order valence-electron chi connectivity index (χ2n) is 5.27. The second-order valence-corrected chi connectivity index (χ2v) is 7.99. The van der Waals surface area contributed by atoms with E-state index in [0.717, 1.165) is 24.6 Å². The van der Waals surface area contributed by atoms with E-state index < -0.39 is 10.0 Å². The van der Waals surface area contributed by atoms with Crippen LogP contribution < -0.4 is 4.72 Å². The van der Waals surface area contributed by atoms with Crippen LogP contribution in [0.3, 0.4) is 0 Å². The molecule has 5 heteroatoms. The zero-order valence-electron chi connectivity index (χ0n) is 10.6. The Balaban J connectivity index is 3.71. The summed E-state index contributed by atoms with van der Waals surface area (Å²) in [6.07, 6.45) is 3.78. The topological polar surface area (TPSA) is 46.2 Å². The number of nitrogens with one attached hydrogen (secondary N) is 1. The third-order valence-electron chi connectivity index (χ3n) is 2.25. The largest absolute Gasteiger partial charge is 0.215 e. The van der Waals surface area contributed by atoms with Gasteiger partial charge in [0.15, 0.2) is 0 Å². The van der Waals surface area contributed by atoms with Gasteiger partial charge in [-0.25, -0.2) is 13.1 Å². The van der Waals surface area contributed by atoms with Gasteiger partial charge in [-0.2, -0.15) is 0 Å². The number of halogens is 1. The molecule has 0 aliphatic carbocycles. The zero-order chi connectivity index (χ0) is 12.7. The van der Waals surface area contributed by atoms with Crippen molar-refractivity contribution in [1.29, 1.82) is 0 Å². The molecule has 0 radical (unpaired) electrons. The van der Waals surface area contributed by atoms with Crippen molar-refractivity contribution in [3.05, 3.63) is 0 Å². The number of hydrogen-bond donors (Lipinski definition) is 1. The Bertz CT molecular complexity index is 270. The molecule has 0 unspecified atom stereocenters.